The number of aromatic amines is 1. The number of carbonyl (C=O) groups is 3. The summed E-state index contributed by atoms with van der Waals surface area (Å²) in [6.45, 7) is 9.69. The SMILES string of the molecule is CCOC(=O)c1c(C)[nH]c(C(=O)NCCNC(=O)C(C)C)c1C. The summed E-state index contributed by atoms with van der Waals surface area (Å²) in [6, 6.07) is 0. The van der Waals surface area contributed by atoms with Gasteiger partial charge in [0.25, 0.3) is 5.91 Å². The normalized spacial score (nSPS) is 10.5. The molecule has 1 aromatic rings. The molecule has 1 heterocycles. The molecule has 0 saturated heterocycles. The summed E-state index contributed by atoms with van der Waals surface area (Å²) < 4.78 is 4.99. The lowest BCUT2D eigenvalue weighted by Crippen LogP contribution is -2.36. The maximum atomic E-state index is 12.2. The molecule has 0 atom stereocenters. The van der Waals surface area contributed by atoms with Crippen LogP contribution in [0.3, 0.4) is 0 Å². The maximum Gasteiger partial charge on any atom is 0.340 e. The molecular formula is C16H25N3O4. The van der Waals surface area contributed by atoms with E-state index in [1.807, 2.05) is 0 Å². The van der Waals surface area contributed by atoms with Gasteiger partial charge in [0, 0.05) is 24.7 Å². The number of nitrogens with one attached hydrogen (secondary N) is 3. The van der Waals surface area contributed by atoms with E-state index >= 15 is 0 Å². The van der Waals surface area contributed by atoms with Gasteiger partial charge in [0.05, 0.1) is 12.2 Å². The molecule has 1 aromatic heterocycles. The van der Waals surface area contributed by atoms with Gasteiger partial charge in [-0.15, -0.1) is 0 Å². The fourth-order valence-electron chi connectivity index (χ4n) is 2.14. The average molecular weight is 323 g/mol. The van der Waals surface area contributed by atoms with Crippen molar-refractivity contribution >= 4 is 17.8 Å². The highest BCUT2D eigenvalue weighted by molar-refractivity contribution is 6.00. The van der Waals surface area contributed by atoms with Gasteiger partial charge < -0.3 is 20.4 Å². The molecule has 0 aliphatic heterocycles. The van der Waals surface area contributed by atoms with Crippen LogP contribution in [0.25, 0.3) is 0 Å². The number of hydrogen-bond acceptors (Lipinski definition) is 4. The van der Waals surface area contributed by atoms with E-state index in [9.17, 15) is 14.4 Å². The summed E-state index contributed by atoms with van der Waals surface area (Å²) in [6.07, 6.45) is 0. The quantitative estimate of drug-likeness (QED) is 0.520. The predicted octanol–water partition coefficient (Wildman–Crippen LogP) is 1.31. The fraction of sp³-hybridized carbons (Fsp3) is 0.562. The minimum absolute atomic E-state index is 0.0595. The molecule has 1 rings (SSSR count). The summed E-state index contributed by atoms with van der Waals surface area (Å²) in [5, 5.41) is 5.43. The van der Waals surface area contributed by atoms with Crippen LogP contribution in [-0.4, -0.2) is 42.5 Å². The predicted molar refractivity (Wildman–Crippen MR) is 86.4 cm³/mol. The Bertz CT molecular complexity index is 590. The van der Waals surface area contributed by atoms with Crippen molar-refractivity contribution in [3.05, 3.63) is 22.5 Å². The van der Waals surface area contributed by atoms with Crippen LogP contribution in [0.5, 0.6) is 0 Å². The molecule has 0 spiro atoms. The van der Waals surface area contributed by atoms with E-state index in [0.717, 1.165) is 0 Å². The molecule has 0 fully saturated rings. The summed E-state index contributed by atoms with van der Waals surface area (Å²) in [7, 11) is 0. The second kappa shape index (κ2) is 8.36. The third-order valence-electron chi connectivity index (χ3n) is 3.38. The number of amides is 2. The Labute approximate surface area is 136 Å². The van der Waals surface area contributed by atoms with Crippen molar-refractivity contribution < 1.29 is 19.1 Å². The van der Waals surface area contributed by atoms with Crippen molar-refractivity contribution in [3.63, 3.8) is 0 Å². The highest BCUT2D eigenvalue weighted by Crippen LogP contribution is 2.18. The van der Waals surface area contributed by atoms with Gasteiger partial charge in [-0.3, -0.25) is 9.59 Å². The zero-order chi connectivity index (χ0) is 17.6. The van der Waals surface area contributed by atoms with Crippen LogP contribution in [0.15, 0.2) is 0 Å². The minimum Gasteiger partial charge on any atom is -0.462 e. The highest BCUT2D eigenvalue weighted by Gasteiger charge is 2.22. The van der Waals surface area contributed by atoms with Gasteiger partial charge in [-0.05, 0) is 26.3 Å². The number of rotatable bonds is 7. The lowest BCUT2D eigenvalue weighted by atomic mass is 10.1. The van der Waals surface area contributed by atoms with Crippen molar-refractivity contribution in [3.8, 4) is 0 Å². The first-order valence-electron chi connectivity index (χ1n) is 7.71. The van der Waals surface area contributed by atoms with Gasteiger partial charge in [-0.25, -0.2) is 4.79 Å². The molecule has 2 amide bonds. The zero-order valence-corrected chi connectivity index (χ0v) is 14.3. The van der Waals surface area contributed by atoms with E-state index < -0.39 is 5.97 Å². The first-order chi connectivity index (χ1) is 10.8. The lowest BCUT2D eigenvalue weighted by Gasteiger charge is -2.08. The lowest BCUT2D eigenvalue weighted by molar-refractivity contribution is -0.123. The molecule has 0 unspecified atom stereocenters. The molecule has 3 N–H and O–H groups in total. The minimum atomic E-state index is -0.443. The topological polar surface area (TPSA) is 100 Å². The zero-order valence-electron chi connectivity index (χ0n) is 14.3. The Hall–Kier alpha value is -2.31. The first kappa shape index (κ1) is 18.7. The van der Waals surface area contributed by atoms with Gasteiger partial charge in [0.1, 0.15) is 5.69 Å². The number of ether oxygens (including phenoxy) is 1. The smallest absolute Gasteiger partial charge is 0.340 e. The van der Waals surface area contributed by atoms with Gasteiger partial charge in [0.2, 0.25) is 5.91 Å². The Morgan fingerprint density at radius 1 is 1.13 bits per heavy atom. The molecule has 0 bridgehead atoms. The van der Waals surface area contributed by atoms with Crippen LogP contribution in [-0.2, 0) is 9.53 Å². The van der Waals surface area contributed by atoms with E-state index in [1.165, 1.54) is 0 Å². The van der Waals surface area contributed by atoms with Crippen LogP contribution < -0.4 is 10.6 Å². The Balaban J connectivity index is 2.65. The number of aryl methyl sites for hydroxylation is 1. The van der Waals surface area contributed by atoms with E-state index in [1.54, 1.807) is 34.6 Å². The van der Waals surface area contributed by atoms with Gasteiger partial charge in [-0.1, -0.05) is 13.8 Å². The number of esters is 1. The molecule has 128 valence electrons. The van der Waals surface area contributed by atoms with Crippen LogP contribution in [0.4, 0.5) is 0 Å². The van der Waals surface area contributed by atoms with Crippen molar-refractivity contribution in [2.24, 2.45) is 5.92 Å². The maximum absolute atomic E-state index is 12.2. The molecule has 23 heavy (non-hydrogen) atoms. The second-order valence-corrected chi connectivity index (χ2v) is 5.55. The molecule has 7 heteroatoms. The third kappa shape index (κ3) is 4.84. The van der Waals surface area contributed by atoms with E-state index in [-0.39, 0.29) is 24.3 Å². The van der Waals surface area contributed by atoms with Crippen molar-refractivity contribution in [2.45, 2.75) is 34.6 Å². The molecule has 0 radical (unpaired) electrons. The monoisotopic (exact) mass is 323 g/mol. The van der Waals surface area contributed by atoms with Crippen molar-refractivity contribution in [2.75, 3.05) is 19.7 Å². The molecule has 7 nitrogen and oxygen atoms in total. The summed E-state index contributed by atoms with van der Waals surface area (Å²) in [5.41, 5.74) is 1.88. The average Bonchev–Trinajstić information content (AvgIpc) is 2.78. The Kier molecular flexibility index (Phi) is 6.81. The second-order valence-electron chi connectivity index (χ2n) is 5.55. The molecule has 0 aromatic carbocycles. The summed E-state index contributed by atoms with van der Waals surface area (Å²) in [4.78, 5) is 38.4. The third-order valence-corrected chi connectivity index (χ3v) is 3.38. The van der Waals surface area contributed by atoms with Crippen LogP contribution in [0.1, 0.15) is 52.9 Å². The first-order valence-corrected chi connectivity index (χ1v) is 7.71. The molecule has 0 saturated carbocycles. The van der Waals surface area contributed by atoms with Crippen LogP contribution in [0, 0.1) is 19.8 Å². The van der Waals surface area contributed by atoms with Gasteiger partial charge in [-0.2, -0.15) is 0 Å². The summed E-state index contributed by atoms with van der Waals surface area (Å²) >= 11 is 0. The molecule has 0 aliphatic carbocycles. The van der Waals surface area contributed by atoms with Gasteiger partial charge >= 0.3 is 5.97 Å². The number of hydrogen-bond donors (Lipinski definition) is 3. The fourth-order valence-corrected chi connectivity index (χ4v) is 2.14. The largest absolute Gasteiger partial charge is 0.462 e. The highest BCUT2D eigenvalue weighted by atomic mass is 16.5. The van der Waals surface area contributed by atoms with Gasteiger partial charge in [0.15, 0.2) is 0 Å². The Morgan fingerprint density at radius 2 is 1.74 bits per heavy atom. The van der Waals surface area contributed by atoms with E-state index in [2.05, 4.69) is 15.6 Å². The molecule has 0 aliphatic rings. The van der Waals surface area contributed by atoms with Crippen molar-refractivity contribution in [1.82, 2.24) is 15.6 Å². The number of H-pyrrole nitrogens is 1. The van der Waals surface area contributed by atoms with Crippen LogP contribution >= 0.6 is 0 Å². The van der Waals surface area contributed by atoms with Crippen LogP contribution in [0.2, 0.25) is 0 Å². The number of aromatic nitrogens is 1. The van der Waals surface area contributed by atoms with E-state index in [4.69, 9.17) is 4.74 Å². The van der Waals surface area contributed by atoms with E-state index in [0.29, 0.717) is 35.6 Å². The standard InChI is InChI=1S/C16H25N3O4/c1-6-23-16(22)12-10(4)13(19-11(12)5)15(21)18-8-7-17-14(20)9(2)3/h9,19H,6-8H2,1-5H3,(H,17,20)(H,18,21). The molecular weight excluding hydrogens is 298 g/mol. The Morgan fingerprint density at radius 3 is 2.30 bits per heavy atom. The number of carbonyl (C=O) groups excluding carboxylic acids is 3. The van der Waals surface area contributed by atoms with Crippen molar-refractivity contribution in [1.29, 1.82) is 0 Å². The summed E-state index contributed by atoms with van der Waals surface area (Å²) in [5.74, 6) is -0.913.